The van der Waals surface area contributed by atoms with E-state index in [-0.39, 0.29) is 11.9 Å². The molecular weight excluding hydrogens is 280 g/mol. The molecule has 0 aliphatic rings. The Morgan fingerprint density at radius 1 is 1.35 bits per heavy atom. The van der Waals surface area contributed by atoms with E-state index in [2.05, 4.69) is 29.8 Å². The molecule has 1 rings (SSSR count). The van der Waals surface area contributed by atoms with Crippen molar-refractivity contribution in [2.24, 2.45) is 0 Å². The molecule has 1 atom stereocenters. The summed E-state index contributed by atoms with van der Waals surface area (Å²) < 4.78 is 6.77. The smallest absolute Gasteiger partial charge is 0.172 e. The van der Waals surface area contributed by atoms with Gasteiger partial charge >= 0.3 is 0 Å². The van der Waals surface area contributed by atoms with Gasteiger partial charge < -0.3 is 4.74 Å². The first kappa shape index (κ1) is 14.2. The highest BCUT2D eigenvalue weighted by Gasteiger charge is 2.15. The van der Waals surface area contributed by atoms with E-state index >= 15 is 0 Å². The number of rotatable bonds is 5. The summed E-state index contributed by atoms with van der Waals surface area (Å²) in [5.41, 5.74) is 1.12. The monoisotopic (exact) mass is 298 g/mol. The summed E-state index contributed by atoms with van der Waals surface area (Å²) in [6.07, 6.45) is 0.132. The maximum absolute atomic E-state index is 11.5. The van der Waals surface area contributed by atoms with Crippen LogP contribution in [0.4, 0.5) is 0 Å². The highest BCUT2D eigenvalue weighted by Crippen LogP contribution is 2.30. The average Bonchev–Trinajstić information content (AvgIpc) is 2.29. The predicted molar refractivity (Wildman–Crippen MR) is 73.6 cm³/mol. The van der Waals surface area contributed by atoms with Crippen LogP contribution in [-0.2, 0) is 4.79 Å². The number of benzene rings is 1. The van der Waals surface area contributed by atoms with E-state index in [0.29, 0.717) is 12.3 Å². The second-order valence-corrected chi connectivity index (χ2v) is 5.33. The van der Waals surface area contributed by atoms with Gasteiger partial charge in [0.25, 0.3) is 0 Å². The lowest BCUT2D eigenvalue weighted by Gasteiger charge is -2.18. The molecule has 2 nitrogen and oxygen atoms in total. The van der Waals surface area contributed by atoms with E-state index in [1.807, 2.05) is 25.1 Å². The molecule has 0 aromatic heterocycles. The van der Waals surface area contributed by atoms with Gasteiger partial charge in [-0.15, -0.1) is 0 Å². The molecule has 0 amide bonds. The number of Topliss-reactive ketones (excluding diaryl/α,β-unsaturated/α-hetero) is 1. The van der Waals surface area contributed by atoms with E-state index in [1.54, 1.807) is 6.92 Å². The largest absolute Gasteiger partial charge is 0.483 e. The highest BCUT2D eigenvalue weighted by atomic mass is 79.9. The predicted octanol–water partition coefficient (Wildman–Crippen LogP) is 4.32. The van der Waals surface area contributed by atoms with Gasteiger partial charge in [0.2, 0.25) is 0 Å². The van der Waals surface area contributed by atoms with Crippen LogP contribution in [0, 0.1) is 0 Å². The molecule has 0 radical (unpaired) electrons. The Hall–Kier alpha value is -0.830. The maximum Gasteiger partial charge on any atom is 0.172 e. The summed E-state index contributed by atoms with van der Waals surface area (Å²) in [6.45, 7) is 7.88. The molecule has 1 aromatic rings. The SMILES string of the molecule is CCC(=O)C(C)Oc1ccc(Br)cc1C(C)C. The second kappa shape index (κ2) is 6.20. The Labute approximate surface area is 111 Å². The number of hydrogen-bond acceptors (Lipinski definition) is 2. The molecular formula is C14H19BrO2. The van der Waals surface area contributed by atoms with Crippen LogP contribution < -0.4 is 4.74 Å². The number of ether oxygens (including phenoxy) is 1. The van der Waals surface area contributed by atoms with Gasteiger partial charge in [0, 0.05) is 10.9 Å². The van der Waals surface area contributed by atoms with E-state index in [9.17, 15) is 4.79 Å². The zero-order valence-corrected chi connectivity index (χ0v) is 12.4. The van der Waals surface area contributed by atoms with Gasteiger partial charge in [-0.1, -0.05) is 36.7 Å². The molecule has 17 heavy (non-hydrogen) atoms. The van der Waals surface area contributed by atoms with Crippen molar-refractivity contribution in [2.75, 3.05) is 0 Å². The third-order valence-electron chi connectivity index (χ3n) is 2.70. The van der Waals surface area contributed by atoms with Gasteiger partial charge in [-0.2, -0.15) is 0 Å². The van der Waals surface area contributed by atoms with Gasteiger partial charge in [-0.25, -0.2) is 0 Å². The number of halogens is 1. The highest BCUT2D eigenvalue weighted by molar-refractivity contribution is 9.10. The van der Waals surface area contributed by atoms with Crippen LogP contribution in [0.5, 0.6) is 5.75 Å². The molecule has 0 aliphatic heterocycles. The molecule has 0 spiro atoms. The minimum Gasteiger partial charge on any atom is -0.483 e. The first-order chi connectivity index (χ1) is 7.95. The van der Waals surface area contributed by atoms with Crippen LogP contribution in [-0.4, -0.2) is 11.9 Å². The van der Waals surface area contributed by atoms with Crippen LogP contribution in [0.2, 0.25) is 0 Å². The van der Waals surface area contributed by atoms with Crippen molar-refractivity contribution >= 4 is 21.7 Å². The average molecular weight is 299 g/mol. The maximum atomic E-state index is 11.5. The summed E-state index contributed by atoms with van der Waals surface area (Å²) in [5, 5.41) is 0. The van der Waals surface area contributed by atoms with Gasteiger partial charge in [0.05, 0.1) is 0 Å². The minimum absolute atomic E-state index is 0.127. The van der Waals surface area contributed by atoms with Crippen molar-refractivity contribution in [1.29, 1.82) is 0 Å². The molecule has 0 heterocycles. The zero-order chi connectivity index (χ0) is 13.0. The Morgan fingerprint density at radius 3 is 2.53 bits per heavy atom. The van der Waals surface area contributed by atoms with Crippen molar-refractivity contribution in [1.82, 2.24) is 0 Å². The Morgan fingerprint density at radius 2 is 2.00 bits per heavy atom. The van der Waals surface area contributed by atoms with Crippen molar-refractivity contribution in [3.63, 3.8) is 0 Å². The summed E-state index contributed by atoms with van der Waals surface area (Å²) in [7, 11) is 0. The number of carbonyl (C=O) groups is 1. The van der Waals surface area contributed by atoms with Crippen LogP contribution >= 0.6 is 15.9 Å². The lowest BCUT2D eigenvalue weighted by Crippen LogP contribution is -2.23. The molecule has 0 saturated heterocycles. The third-order valence-corrected chi connectivity index (χ3v) is 3.19. The summed E-state index contributed by atoms with van der Waals surface area (Å²) >= 11 is 3.45. The summed E-state index contributed by atoms with van der Waals surface area (Å²) in [5.74, 6) is 1.30. The number of hydrogen-bond donors (Lipinski definition) is 0. The Balaban J connectivity index is 2.94. The fraction of sp³-hybridized carbons (Fsp3) is 0.500. The van der Waals surface area contributed by atoms with Crippen molar-refractivity contribution < 1.29 is 9.53 Å². The normalized spacial score (nSPS) is 12.6. The standard InChI is InChI=1S/C14H19BrO2/c1-5-13(16)10(4)17-14-7-6-11(15)8-12(14)9(2)3/h6-10H,5H2,1-4H3. The molecule has 0 saturated carbocycles. The minimum atomic E-state index is -0.376. The van der Waals surface area contributed by atoms with Crippen molar-refractivity contribution in [2.45, 2.75) is 46.1 Å². The Kier molecular flexibility index (Phi) is 5.19. The molecule has 0 bridgehead atoms. The molecule has 0 aliphatic carbocycles. The lowest BCUT2D eigenvalue weighted by molar-refractivity contribution is -0.124. The summed E-state index contributed by atoms with van der Waals surface area (Å²) in [4.78, 5) is 11.5. The third kappa shape index (κ3) is 3.84. The zero-order valence-electron chi connectivity index (χ0n) is 10.8. The van der Waals surface area contributed by atoms with E-state index < -0.39 is 0 Å². The molecule has 0 N–H and O–H groups in total. The van der Waals surface area contributed by atoms with Gasteiger partial charge in [-0.05, 0) is 36.6 Å². The Bertz CT molecular complexity index is 399. The van der Waals surface area contributed by atoms with Gasteiger partial charge in [0.1, 0.15) is 5.75 Å². The first-order valence-electron chi connectivity index (χ1n) is 5.94. The fourth-order valence-electron chi connectivity index (χ4n) is 1.62. The van der Waals surface area contributed by atoms with Crippen LogP contribution in [0.3, 0.4) is 0 Å². The van der Waals surface area contributed by atoms with E-state index in [4.69, 9.17) is 4.74 Å². The van der Waals surface area contributed by atoms with E-state index in [0.717, 1.165) is 15.8 Å². The van der Waals surface area contributed by atoms with Crippen molar-refractivity contribution in [3.8, 4) is 5.75 Å². The number of ketones is 1. The second-order valence-electron chi connectivity index (χ2n) is 4.42. The van der Waals surface area contributed by atoms with Gasteiger partial charge in [0.15, 0.2) is 11.9 Å². The lowest BCUT2D eigenvalue weighted by atomic mass is 10.0. The van der Waals surface area contributed by atoms with Crippen LogP contribution in [0.1, 0.15) is 45.6 Å². The fourth-order valence-corrected chi connectivity index (χ4v) is 2.00. The first-order valence-corrected chi connectivity index (χ1v) is 6.73. The quantitative estimate of drug-likeness (QED) is 0.809. The van der Waals surface area contributed by atoms with Gasteiger partial charge in [-0.3, -0.25) is 4.79 Å². The molecule has 94 valence electrons. The van der Waals surface area contributed by atoms with E-state index in [1.165, 1.54) is 0 Å². The molecule has 1 unspecified atom stereocenters. The molecule has 0 fully saturated rings. The van der Waals surface area contributed by atoms with Crippen molar-refractivity contribution in [3.05, 3.63) is 28.2 Å². The summed E-state index contributed by atoms with van der Waals surface area (Å²) in [6, 6.07) is 5.90. The molecule has 3 heteroatoms. The van der Waals surface area contributed by atoms with Crippen LogP contribution in [0.15, 0.2) is 22.7 Å². The number of carbonyl (C=O) groups excluding carboxylic acids is 1. The topological polar surface area (TPSA) is 26.3 Å². The molecule has 1 aromatic carbocycles. The van der Waals surface area contributed by atoms with Crippen LogP contribution in [0.25, 0.3) is 0 Å².